The number of nitrogens with one attached hydrogen (secondary N) is 2. The third-order valence-corrected chi connectivity index (χ3v) is 5.10. The predicted octanol–water partition coefficient (Wildman–Crippen LogP) is 5.11. The van der Waals surface area contributed by atoms with E-state index in [4.69, 9.17) is 0 Å². The van der Waals surface area contributed by atoms with Crippen LogP contribution < -0.4 is 5.32 Å². The van der Waals surface area contributed by atoms with Crippen LogP contribution in [0.25, 0.3) is 10.9 Å². The fourth-order valence-corrected chi connectivity index (χ4v) is 3.51. The van der Waals surface area contributed by atoms with Crippen molar-refractivity contribution in [3.63, 3.8) is 0 Å². The second kappa shape index (κ2) is 7.45. The molecule has 0 unspecified atom stereocenters. The van der Waals surface area contributed by atoms with Crippen LogP contribution >= 0.6 is 11.8 Å². The molecule has 2 heterocycles. The molecule has 0 aliphatic rings. The summed E-state index contributed by atoms with van der Waals surface area (Å²) in [7, 11) is 0. The van der Waals surface area contributed by atoms with Gasteiger partial charge in [0.25, 0.3) is 5.91 Å². The zero-order valence-corrected chi connectivity index (χ0v) is 14.8. The van der Waals surface area contributed by atoms with Crippen LogP contribution in [0.2, 0.25) is 0 Å². The molecule has 0 spiro atoms. The SMILES string of the molecule is O=C(Nc1ccc(SCc2cccnc2)cc1)c1cc2ccccc2[nH]1. The summed E-state index contributed by atoms with van der Waals surface area (Å²) < 4.78 is 0. The van der Waals surface area contributed by atoms with Crippen molar-refractivity contribution in [2.45, 2.75) is 10.6 Å². The van der Waals surface area contributed by atoms with E-state index in [2.05, 4.69) is 21.4 Å². The molecule has 4 nitrogen and oxygen atoms in total. The summed E-state index contributed by atoms with van der Waals surface area (Å²) in [6.45, 7) is 0. The highest BCUT2D eigenvalue weighted by molar-refractivity contribution is 7.98. The maximum atomic E-state index is 12.4. The van der Waals surface area contributed by atoms with Gasteiger partial charge < -0.3 is 10.3 Å². The van der Waals surface area contributed by atoms with Gasteiger partial charge in [0.15, 0.2) is 0 Å². The minimum Gasteiger partial charge on any atom is -0.351 e. The molecule has 0 saturated carbocycles. The van der Waals surface area contributed by atoms with Gasteiger partial charge in [-0.3, -0.25) is 9.78 Å². The first-order valence-corrected chi connectivity index (χ1v) is 9.27. The van der Waals surface area contributed by atoms with E-state index in [1.807, 2.05) is 66.9 Å². The molecule has 4 aromatic rings. The molecule has 0 saturated heterocycles. The Hall–Kier alpha value is -3.05. The molecule has 128 valence electrons. The van der Waals surface area contributed by atoms with E-state index in [0.717, 1.165) is 27.2 Å². The number of amides is 1. The number of hydrogen-bond donors (Lipinski definition) is 2. The van der Waals surface area contributed by atoms with Crippen LogP contribution in [0, 0.1) is 0 Å². The second-order valence-corrected chi connectivity index (χ2v) is 6.95. The quantitative estimate of drug-likeness (QED) is 0.487. The van der Waals surface area contributed by atoms with Crippen molar-refractivity contribution in [3.8, 4) is 0 Å². The maximum Gasteiger partial charge on any atom is 0.272 e. The molecule has 0 atom stereocenters. The number of rotatable bonds is 5. The lowest BCUT2D eigenvalue weighted by Gasteiger charge is -2.06. The minimum atomic E-state index is -0.142. The summed E-state index contributed by atoms with van der Waals surface area (Å²) in [5.41, 5.74) is 3.48. The zero-order valence-electron chi connectivity index (χ0n) is 14.0. The lowest BCUT2D eigenvalue weighted by atomic mass is 10.2. The van der Waals surface area contributed by atoms with Crippen molar-refractivity contribution in [1.82, 2.24) is 9.97 Å². The first-order chi connectivity index (χ1) is 12.8. The highest BCUT2D eigenvalue weighted by Gasteiger charge is 2.09. The molecule has 26 heavy (non-hydrogen) atoms. The van der Waals surface area contributed by atoms with Gasteiger partial charge in [-0.25, -0.2) is 0 Å². The number of carbonyl (C=O) groups excluding carboxylic acids is 1. The Morgan fingerprint density at radius 1 is 1.04 bits per heavy atom. The number of carbonyl (C=O) groups is 1. The number of hydrogen-bond acceptors (Lipinski definition) is 3. The molecular formula is C21H17N3OS. The lowest BCUT2D eigenvalue weighted by molar-refractivity contribution is 0.102. The molecule has 2 aromatic heterocycles. The van der Waals surface area contributed by atoms with Crippen LogP contribution in [0.1, 0.15) is 16.1 Å². The standard InChI is InChI=1S/C21H17N3OS/c25-21(20-12-16-5-1-2-6-19(16)24-20)23-17-7-9-18(10-8-17)26-14-15-4-3-11-22-13-15/h1-13,24H,14H2,(H,23,25). The molecule has 1 amide bonds. The van der Waals surface area contributed by atoms with Gasteiger partial charge >= 0.3 is 0 Å². The number of fused-ring (bicyclic) bond motifs is 1. The predicted molar refractivity (Wildman–Crippen MR) is 106 cm³/mol. The number of aromatic amines is 1. The summed E-state index contributed by atoms with van der Waals surface area (Å²) in [6.07, 6.45) is 3.65. The number of para-hydroxylation sites is 1. The van der Waals surface area contributed by atoms with Crippen molar-refractivity contribution in [1.29, 1.82) is 0 Å². The number of H-pyrrole nitrogens is 1. The molecule has 0 radical (unpaired) electrons. The molecule has 0 aliphatic heterocycles. The Morgan fingerprint density at radius 3 is 2.65 bits per heavy atom. The summed E-state index contributed by atoms with van der Waals surface area (Å²) in [6, 6.07) is 21.6. The fraction of sp³-hybridized carbons (Fsp3) is 0.0476. The van der Waals surface area contributed by atoms with Crippen molar-refractivity contribution in [3.05, 3.63) is 90.4 Å². The fourth-order valence-electron chi connectivity index (χ4n) is 2.68. The Balaban J connectivity index is 1.39. The average Bonchev–Trinajstić information content (AvgIpc) is 3.13. The van der Waals surface area contributed by atoms with Gasteiger partial charge in [0, 0.05) is 39.6 Å². The third-order valence-electron chi connectivity index (χ3n) is 4.02. The van der Waals surface area contributed by atoms with Crippen molar-refractivity contribution < 1.29 is 4.79 Å². The molecule has 2 aromatic carbocycles. The highest BCUT2D eigenvalue weighted by atomic mass is 32.2. The molecule has 4 rings (SSSR count). The first-order valence-electron chi connectivity index (χ1n) is 8.29. The topological polar surface area (TPSA) is 57.8 Å². The Morgan fingerprint density at radius 2 is 1.88 bits per heavy atom. The van der Waals surface area contributed by atoms with E-state index in [1.165, 1.54) is 5.56 Å². The zero-order chi connectivity index (χ0) is 17.8. The van der Waals surface area contributed by atoms with Crippen LogP contribution in [0.5, 0.6) is 0 Å². The highest BCUT2D eigenvalue weighted by Crippen LogP contribution is 2.24. The van der Waals surface area contributed by atoms with Gasteiger partial charge in [-0.15, -0.1) is 11.8 Å². The van der Waals surface area contributed by atoms with E-state index in [-0.39, 0.29) is 5.91 Å². The van der Waals surface area contributed by atoms with Crippen molar-refractivity contribution in [2.75, 3.05) is 5.32 Å². The summed E-state index contributed by atoms with van der Waals surface area (Å²) in [4.78, 5) is 20.8. The number of benzene rings is 2. The second-order valence-electron chi connectivity index (χ2n) is 5.90. The number of pyridine rings is 1. The number of thioether (sulfide) groups is 1. The van der Waals surface area contributed by atoms with Crippen LogP contribution in [-0.2, 0) is 5.75 Å². The smallest absolute Gasteiger partial charge is 0.272 e. The summed E-state index contributed by atoms with van der Waals surface area (Å²) in [5.74, 6) is 0.728. The third kappa shape index (κ3) is 3.78. The Labute approximate surface area is 155 Å². The van der Waals surface area contributed by atoms with E-state index in [1.54, 1.807) is 18.0 Å². The van der Waals surface area contributed by atoms with Crippen molar-refractivity contribution >= 4 is 34.3 Å². The molecule has 0 bridgehead atoms. The van der Waals surface area contributed by atoms with Crippen molar-refractivity contribution in [2.24, 2.45) is 0 Å². The Bertz CT molecular complexity index is 993. The van der Waals surface area contributed by atoms with Crippen LogP contribution in [0.15, 0.2) is 84.0 Å². The largest absolute Gasteiger partial charge is 0.351 e. The normalized spacial score (nSPS) is 10.8. The molecule has 0 fully saturated rings. The number of nitrogens with zero attached hydrogens (tertiary/aromatic N) is 1. The van der Waals surface area contributed by atoms with E-state index in [9.17, 15) is 4.79 Å². The maximum absolute atomic E-state index is 12.4. The lowest BCUT2D eigenvalue weighted by Crippen LogP contribution is -2.11. The number of anilines is 1. The van der Waals surface area contributed by atoms with Crippen LogP contribution in [0.3, 0.4) is 0 Å². The minimum absolute atomic E-state index is 0.142. The Kier molecular flexibility index (Phi) is 4.71. The molecular weight excluding hydrogens is 342 g/mol. The number of aromatic nitrogens is 2. The first kappa shape index (κ1) is 16.4. The monoisotopic (exact) mass is 359 g/mol. The average molecular weight is 359 g/mol. The molecule has 0 aliphatic carbocycles. The van der Waals surface area contributed by atoms with Gasteiger partial charge in [0.2, 0.25) is 0 Å². The van der Waals surface area contributed by atoms with Gasteiger partial charge in [-0.05, 0) is 48.0 Å². The van der Waals surface area contributed by atoms with E-state index < -0.39 is 0 Å². The van der Waals surface area contributed by atoms with E-state index >= 15 is 0 Å². The summed E-state index contributed by atoms with van der Waals surface area (Å²) >= 11 is 1.74. The van der Waals surface area contributed by atoms with E-state index in [0.29, 0.717) is 5.69 Å². The van der Waals surface area contributed by atoms with Crippen LogP contribution in [-0.4, -0.2) is 15.9 Å². The van der Waals surface area contributed by atoms with Gasteiger partial charge in [-0.1, -0.05) is 24.3 Å². The molecule has 2 N–H and O–H groups in total. The van der Waals surface area contributed by atoms with Crippen LogP contribution in [0.4, 0.5) is 5.69 Å². The molecule has 5 heteroatoms. The van der Waals surface area contributed by atoms with Gasteiger partial charge in [-0.2, -0.15) is 0 Å². The van der Waals surface area contributed by atoms with Gasteiger partial charge in [0.05, 0.1) is 0 Å². The van der Waals surface area contributed by atoms with Gasteiger partial charge in [0.1, 0.15) is 5.69 Å². The summed E-state index contributed by atoms with van der Waals surface area (Å²) in [5, 5.41) is 3.96.